The summed E-state index contributed by atoms with van der Waals surface area (Å²) >= 11 is 0. The first-order chi connectivity index (χ1) is 8.27. The van der Waals surface area contributed by atoms with Crippen molar-refractivity contribution in [2.75, 3.05) is 26.8 Å². The fourth-order valence-electron chi connectivity index (χ4n) is 1.45. The number of hydrogen-bond acceptors (Lipinski definition) is 3. The zero-order valence-corrected chi connectivity index (χ0v) is 10.4. The standard InChI is InChI=1S/C11H20N4O2/c1-3-6-15(7-8-17-2)11(16)12-9-10-4-5-13-14-10/h4-5H,3,6-9H2,1-2H3,(H,12,16)(H,13,14). The Balaban J connectivity index is 2.35. The molecule has 0 aliphatic heterocycles. The predicted octanol–water partition coefficient (Wildman–Crippen LogP) is 0.978. The highest BCUT2D eigenvalue weighted by Crippen LogP contribution is 1.95. The van der Waals surface area contributed by atoms with Crippen molar-refractivity contribution < 1.29 is 9.53 Å². The van der Waals surface area contributed by atoms with Gasteiger partial charge in [-0.3, -0.25) is 5.10 Å². The summed E-state index contributed by atoms with van der Waals surface area (Å²) in [6, 6.07) is 1.76. The number of nitrogens with zero attached hydrogens (tertiary/aromatic N) is 2. The van der Waals surface area contributed by atoms with Gasteiger partial charge in [0.2, 0.25) is 0 Å². The van der Waals surface area contributed by atoms with E-state index in [0.717, 1.165) is 18.7 Å². The molecule has 0 atom stereocenters. The number of urea groups is 1. The SMILES string of the molecule is CCCN(CCOC)C(=O)NCc1ccn[nH]1. The second-order valence-corrected chi connectivity index (χ2v) is 3.72. The summed E-state index contributed by atoms with van der Waals surface area (Å²) in [4.78, 5) is 13.6. The summed E-state index contributed by atoms with van der Waals surface area (Å²) in [6.07, 6.45) is 2.59. The van der Waals surface area contributed by atoms with Crippen molar-refractivity contribution in [1.29, 1.82) is 0 Å². The number of carbonyl (C=O) groups excluding carboxylic acids is 1. The van der Waals surface area contributed by atoms with E-state index >= 15 is 0 Å². The minimum Gasteiger partial charge on any atom is -0.383 e. The Labute approximate surface area is 101 Å². The van der Waals surface area contributed by atoms with Crippen LogP contribution in [-0.4, -0.2) is 47.9 Å². The molecule has 0 aliphatic rings. The van der Waals surface area contributed by atoms with Crippen LogP contribution in [0.2, 0.25) is 0 Å². The van der Waals surface area contributed by atoms with Gasteiger partial charge in [0, 0.05) is 26.4 Å². The van der Waals surface area contributed by atoms with Crippen LogP contribution in [0.25, 0.3) is 0 Å². The molecule has 2 N–H and O–H groups in total. The second-order valence-electron chi connectivity index (χ2n) is 3.72. The lowest BCUT2D eigenvalue weighted by Crippen LogP contribution is -2.41. The Kier molecular flexibility index (Phi) is 6.09. The molecule has 6 heteroatoms. The number of hydrogen-bond donors (Lipinski definition) is 2. The van der Waals surface area contributed by atoms with Gasteiger partial charge < -0.3 is 15.0 Å². The Hall–Kier alpha value is -1.56. The average Bonchev–Trinajstić information content (AvgIpc) is 2.84. The highest BCUT2D eigenvalue weighted by atomic mass is 16.5. The highest BCUT2D eigenvalue weighted by Gasteiger charge is 2.11. The maximum Gasteiger partial charge on any atom is 0.317 e. The number of H-pyrrole nitrogens is 1. The monoisotopic (exact) mass is 240 g/mol. The first-order valence-corrected chi connectivity index (χ1v) is 5.78. The van der Waals surface area contributed by atoms with Gasteiger partial charge in [-0.1, -0.05) is 6.92 Å². The van der Waals surface area contributed by atoms with Crippen molar-refractivity contribution in [3.05, 3.63) is 18.0 Å². The lowest BCUT2D eigenvalue weighted by Gasteiger charge is -2.21. The molecule has 6 nitrogen and oxygen atoms in total. The molecular weight excluding hydrogens is 220 g/mol. The molecule has 0 fully saturated rings. The van der Waals surface area contributed by atoms with E-state index in [1.54, 1.807) is 18.2 Å². The average molecular weight is 240 g/mol. The Morgan fingerprint density at radius 3 is 3.00 bits per heavy atom. The quantitative estimate of drug-likeness (QED) is 0.746. The number of aromatic nitrogens is 2. The fourth-order valence-corrected chi connectivity index (χ4v) is 1.45. The van der Waals surface area contributed by atoms with Crippen molar-refractivity contribution in [2.24, 2.45) is 0 Å². The Bertz CT molecular complexity index is 313. The summed E-state index contributed by atoms with van der Waals surface area (Å²) in [5, 5.41) is 9.46. The molecule has 0 aliphatic carbocycles. The molecule has 1 heterocycles. The van der Waals surface area contributed by atoms with E-state index < -0.39 is 0 Å². The molecule has 0 saturated heterocycles. The topological polar surface area (TPSA) is 70.2 Å². The third kappa shape index (κ3) is 4.86. The number of ether oxygens (including phenoxy) is 1. The first-order valence-electron chi connectivity index (χ1n) is 5.78. The van der Waals surface area contributed by atoms with E-state index in [4.69, 9.17) is 4.74 Å². The van der Waals surface area contributed by atoms with Gasteiger partial charge in [0.25, 0.3) is 0 Å². The smallest absolute Gasteiger partial charge is 0.317 e. The van der Waals surface area contributed by atoms with Crippen LogP contribution in [0.1, 0.15) is 19.0 Å². The largest absolute Gasteiger partial charge is 0.383 e. The van der Waals surface area contributed by atoms with E-state index in [9.17, 15) is 4.79 Å². The zero-order valence-electron chi connectivity index (χ0n) is 10.4. The van der Waals surface area contributed by atoms with E-state index in [-0.39, 0.29) is 6.03 Å². The maximum absolute atomic E-state index is 11.9. The molecule has 1 aromatic heterocycles. The summed E-state index contributed by atoms with van der Waals surface area (Å²) in [6.45, 7) is 4.41. The lowest BCUT2D eigenvalue weighted by molar-refractivity contribution is 0.149. The third-order valence-corrected chi connectivity index (χ3v) is 2.33. The fraction of sp³-hybridized carbons (Fsp3) is 0.636. The zero-order chi connectivity index (χ0) is 12.5. The van der Waals surface area contributed by atoms with E-state index in [0.29, 0.717) is 19.7 Å². The minimum absolute atomic E-state index is 0.0708. The second kappa shape index (κ2) is 7.67. The number of nitrogens with one attached hydrogen (secondary N) is 2. The molecule has 0 bridgehead atoms. The van der Waals surface area contributed by atoms with Gasteiger partial charge in [0.15, 0.2) is 0 Å². The molecule has 0 unspecified atom stereocenters. The van der Waals surface area contributed by atoms with Crippen LogP contribution in [0.15, 0.2) is 12.3 Å². The van der Waals surface area contributed by atoms with Gasteiger partial charge >= 0.3 is 6.03 Å². The molecule has 1 aromatic rings. The van der Waals surface area contributed by atoms with E-state index in [1.807, 2.05) is 13.0 Å². The molecule has 0 spiro atoms. The van der Waals surface area contributed by atoms with Crippen LogP contribution < -0.4 is 5.32 Å². The molecule has 0 saturated carbocycles. The lowest BCUT2D eigenvalue weighted by atomic mass is 10.4. The predicted molar refractivity (Wildman–Crippen MR) is 64.6 cm³/mol. The summed E-state index contributed by atoms with van der Waals surface area (Å²) < 4.78 is 4.98. The van der Waals surface area contributed by atoms with E-state index in [1.165, 1.54) is 0 Å². The molecule has 2 amide bonds. The number of aromatic amines is 1. The van der Waals surface area contributed by atoms with Crippen LogP contribution in [0.5, 0.6) is 0 Å². The molecule has 0 radical (unpaired) electrons. The maximum atomic E-state index is 11.9. The van der Waals surface area contributed by atoms with Crippen molar-refractivity contribution in [3.63, 3.8) is 0 Å². The van der Waals surface area contributed by atoms with Crippen LogP contribution >= 0.6 is 0 Å². The molecule has 17 heavy (non-hydrogen) atoms. The van der Waals surface area contributed by atoms with Gasteiger partial charge in [0.05, 0.1) is 18.8 Å². The third-order valence-electron chi connectivity index (χ3n) is 2.33. The number of rotatable bonds is 7. The van der Waals surface area contributed by atoms with Crippen LogP contribution in [0.3, 0.4) is 0 Å². The number of methoxy groups -OCH3 is 1. The van der Waals surface area contributed by atoms with E-state index in [2.05, 4.69) is 15.5 Å². The summed E-state index contributed by atoms with van der Waals surface area (Å²) in [5.41, 5.74) is 0.890. The van der Waals surface area contributed by atoms with Gasteiger partial charge in [-0.25, -0.2) is 4.79 Å². The highest BCUT2D eigenvalue weighted by molar-refractivity contribution is 5.74. The van der Waals surface area contributed by atoms with Crippen molar-refractivity contribution >= 4 is 6.03 Å². The van der Waals surface area contributed by atoms with Crippen LogP contribution in [-0.2, 0) is 11.3 Å². The minimum atomic E-state index is -0.0708. The first kappa shape index (κ1) is 13.5. The number of carbonyl (C=O) groups is 1. The molecular formula is C11H20N4O2. The van der Waals surface area contributed by atoms with Crippen molar-refractivity contribution in [1.82, 2.24) is 20.4 Å². The van der Waals surface area contributed by atoms with Gasteiger partial charge in [-0.15, -0.1) is 0 Å². The van der Waals surface area contributed by atoms with Crippen LogP contribution in [0.4, 0.5) is 4.79 Å². The Morgan fingerprint density at radius 2 is 2.41 bits per heavy atom. The summed E-state index contributed by atoms with van der Waals surface area (Å²) in [5.74, 6) is 0. The number of amides is 2. The summed E-state index contributed by atoms with van der Waals surface area (Å²) in [7, 11) is 1.63. The van der Waals surface area contributed by atoms with Crippen LogP contribution in [0, 0.1) is 0 Å². The normalized spacial score (nSPS) is 10.2. The van der Waals surface area contributed by atoms with Gasteiger partial charge in [0.1, 0.15) is 0 Å². The molecule has 96 valence electrons. The Morgan fingerprint density at radius 1 is 1.59 bits per heavy atom. The van der Waals surface area contributed by atoms with Gasteiger partial charge in [-0.05, 0) is 12.5 Å². The van der Waals surface area contributed by atoms with Crippen molar-refractivity contribution in [3.8, 4) is 0 Å². The molecule has 0 aromatic carbocycles. The molecule has 1 rings (SSSR count). The van der Waals surface area contributed by atoms with Crippen molar-refractivity contribution in [2.45, 2.75) is 19.9 Å². The van der Waals surface area contributed by atoms with Gasteiger partial charge in [-0.2, -0.15) is 5.10 Å².